The molecule has 3 N–H and O–H groups in total. The number of ether oxygens (including phenoxy) is 8. The highest BCUT2D eigenvalue weighted by atomic mass is 127. The van der Waals surface area contributed by atoms with Gasteiger partial charge in [0.25, 0.3) is 0 Å². The summed E-state index contributed by atoms with van der Waals surface area (Å²) in [6, 6.07) is 27.8. The molecule has 10 rings (SSSR count). The van der Waals surface area contributed by atoms with Crippen molar-refractivity contribution in [2.45, 2.75) is 136 Å². The summed E-state index contributed by atoms with van der Waals surface area (Å²) in [5.41, 5.74) is 3.55. The van der Waals surface area contributed by atoms with E-state index in [1.807, 2.05) is 73.3 Å². The largest absolute Gasteiger partial charge is 0.494 e. The van der Waals surface area contributed by atoms with Gasteiger partial charge >= 0.3 is 6.09 Å². The molecule has 5 atom stereocenters. The number of hydrogen-bond donors (Lipinski definition) is 3. The molecule has 0 unspecified atom stereocenters. The maximum atomic E-state index is 13.9. The number of nitrogens with zero attached hydrogens (tertiary/aromatic N) is 9. The van der Waals surface area contributed by atoms with E-state index in [-0.39, 0.29) is 63.4 Å². The fourth-order valence-electron chi connectivity index (χ4n) is 9.65. The lowest BCUT2D eigenvalue weighted by atomic mass is 10.0. The molecule has 25 heteroatoms. The molecule has 23 nitrogen and oxygen atoms in total. The summed E-state index contributed by atoms with van der Waals surface area (Å²) in [6.07, 6.45) is 13.2. The van der Waals surface area contributed by atoms with Crippen LogP contribution < -0.4 is 29.0 Å². The summed E-state index contributed by atoms with van der Waals surface area (Å²) >= 11 is 2.30. The van der Waals surface area contributed by atoms with E-state index >= 15 is 0 Å². The number of benzene rings is 4. The molecule has 2 saturated heterocycles. The van der Waals surface area contributed by atoms with Crippen LogP contribution in [-0.2, 0) is 56.6 Å². The first-order valence-electron chi connectivity index (χ1n) is 30.1. The summed E-state index contributed by atoms with van der Waals surface area (Å²) in [5.74, 6) is 4.69. The number of aryl methyl sites for hydroxylation is 2. The van der Waals surface area contributed by atoms with Gasteiger partial charge in [0.15, 0.2) is 17.8 Å². The van der Waals surface area contributed by atoms with Crippen molar-refractivity contribution in [3.63, 3.8) is 0 Å². The molecule has 0 saturated carbocycles. The third kappa shape index (κ3) is 24.8. The highest BCUT2D eigenvalue weighted by Gasteiger charge is 2.44. The predicted molar refractivity (Wildman–Crippen MR) is 346 cm³/mol. The van der Waals surface area contributed by atoms with Crippen LogP contribution >= 0.6 is 22.6 Å². The van der Waals surface area contributed by atoms with Crippen molar-refractivity contribution in [1.29, 1.82) is 0 Å². The van der Waals surface area contributed by atoms with E-state index < -0.39 is 34.4 Å². The summed E-state index contributed by atoms with van der Waals surface area (Å²) in [4.78, 5) is 14.9. The standard InChI is InChI=1S/C31H41IN2O10S.2C15H21N3O.C2H3N3.CH4/c1-20(2)16-34(45(37,38)23-8-9-27-28(15-23)43-19-42-27)17-26(35)25(14-21-4-6-22(7-5-21)39-12-3-11-32)33-31(36)44-29-18-41-30-24(29)10-13-40-30;1-13(2)12-14-4-6-15(7-5-14)19-11-3-10-18-16-8-9-17-18;1-13(2)12-14-4-6-15(7-5-14)19-11-3-9-18-10-8-16-17-18;1-2-4-5-3-1;/h4-9,15,20,24-26,29-30,35H,3,10-14,16-19H2,1-2H3,(H,33,36);4-9,13H,3,10-12H2,1-2H3;4-8,10,13H,3,9,11-12H2,1-2H3;1-2H,(H,3,4,5);1H4/t24-,25-,26+,29-,30+;;;;/m0..../s1. The second kappa shape index (κ2) is 37.9. The molecule has 89 heavy (non-hydrogen) atoms. The van der Waals surface area contributed by atoms with Gasteiger partial charge in [-0.1, -0.05) is 113 Å². The Kier molecular flexibility index (Phi) is 30.3. The zero-order valence-corrected chi connectivity index (χ0v) is 54.2. The minimum atomic E-state index is -4.05. The molecule has 0 aliphatic carbocycles. The van der Waals surface area contributed by atoms with E-state index in [2.05, 4.69) is 116 Å². The number of nitrogens with one attached hydrogen (secondary N) is 2. The van der Waals surface area contributed by atoms with Crippen molar-refractivity contribution in [2.75, 3.05) is 57.3 Å². The Morgan fingerprint density at radius 2 is 1.29 bits per heavy atom. The van der Waals surface area contributed by atoms with Gasteiger partial charge in [-0.05, 0) is 115 Å². The first-order valence-corrected chi connectivity index (χ1v) is 33.1. The van der Waals surface area contributed by atoms with E-state index in [9.17, 15) is 18.3 Å². The average molecular weight is 1360 g/mol. The van der Waals surface area contributed by atoms with Crippen molar-refractivity contribution >= 4 is 38.7 Å². The van der Waals surface area contributed by atoms with Gasteiger partial charge in [0.1, 0.15) is 23.4 Å². The number of aromatic nitrogens is 9. The van der Waals surface area contributed by atoms with Crippen molar-refractivity contribution in [1.82, 2.24) is 55.0 Å². The van der Waals surface area contributed by atoms with Crippen LogP contribution in [0, 0.1) is 23.7 Å². The Morgan fingerprint density at radius 1 is 0.719 bits per heavy atom. The number of aliphatic hydroxyl groups excluding tert-OH is 1. The Morgan fingerprint density at radius 3 is 1.83 bits per heavy atom. The highest BCUT2D eigenvalue weighted by molar-refractivity contribution is 14.1. The lowest BCUT2D eigenvalue weighted by Gasteiger charge is -2.31. The van der Waals surface area contributed by atoms with E-state index in [4.69, 9.17) is 37.9 Å². The number of aliphatic hydroxyl groups is 1. The number of carbonyl (C=O) groups excluding carboxylic acids is 1. The minimum absolute atomic E-state index is 0. The summed E-state index contributed by atoms with van der Waals surface area (Å²) in [6.45, 7) is 17.0. The van der Waals surface area contributed by atoms with Gasteiger partial charge in [-0.2, -0.15) is 34.7 Å². The van der Waals surface area contributed by atoms with Crippen molar-refractivity contribution in [3.05, 3.63) is 145 Å². The molecule has 3 aliphatic rings. The number of H-pyrrole nitrogens is 1. The number of sulfonamides is 1. The van der Waals surface area contributed by atoms with Crippen LogP contribution in [0.2, 0.25) is 0 Å². The summed E-state index contributed by atoms with van der Waals surface area (Å²) < 4.78 is 76.5. The summed E-state index contributed by atoms with van der Waals surface area (Å²) in [7, 11) is -4.05. The molecule has 1 amide bonds. The summed E-state index contributed by atoms with van der Waals surface area (Å²) in [5, 5.41) is 39.5. The number of carbonyl (C=O) groups is 1. The van der Waals surface area contributed by atoms with Crippen LogP contribution in [0.15, 0.2) is 133 Å². The topological polar surface area (TPSA) is 264 Å². The number of fused-ring (bicyclic) bond motifs is 2. The second-order valence-corrected chi connectivity index (χ2v) is 25.6. The maximum absolute atomic E-state index is 13.9. The van der Waals surface area contributed by atoms with Crippen LogP contribution in [0.5, 0.6) is 28.7 Å². The molecule has 3 aliphatic heterocycles. The van der Waals surface area contributed by atoms with Gasteiger partial charge in [-0.15, -0.1) is 5.10 Å². The van der Waals surface area contributed by atoms with E-state index in [1.165, 1.54) is 27.6 Å². The predicted octanol–water partition coefficient (Wildman–Crippen LogP) is 10.1. The molecule has 6 heterocycles. The molecular weight excluding hydrogens is 1270 g/mol. The highest BCUT2D eigenvalue weighted by Crippen LogP contribution is 2.36. The van der Waals surface area contributed by atoms with Crippen molar-refractivity contribution < 1.29 is 56.2 Å². The Bertz CT molecular complexity index is 3020. The minimum Gasteiger partial charge on any atom is -0.494 e. The number of alkyl halides is 1. The normalized spacial score (nSPS) is 16.2. The Balaban J connectivity index is 0.000000234. The van der Waals surface area contributed by atoms with E-state index in [0.717, 1.165) is 78.9 Å². The molecule has 3 aromatic heterocycles. The van der Waals surface area contributed by atoms with Crippen LogP contribution in [0.1, 0.15) is 91.3 Å². The van der Waals surface area contributed by atoms with Crippen LogP contribution in [-0.4, -0.2) is 151 Å². The monoisotopic (exact) mass is 1360 g/mol. The van der Waals surface area contributed by atoms with Crippen molar-refractivity contribution in [3.8, 4) is 28.7 Å². The molecule has 4 aromatic carbocycles. The second-order valence-electron chi connectivity index (χ2n) is 22.6. The van der Waals surface area contributed by atoms with Gasteiger partial charge < -0.3 is 48.3 Å². The third-order valence-electron chi connectivity index (χ3n) is 13.9. The zero-order valence-electron chi connectivity index (χ0n) is 51.2. The molecule has 7 aromatic rings. The SMILES string of the molecule is C.CC(C)CN(C[C@@H](O)[C@H](Cc1ccc(OCCCI)cc1)NC(=O)O[C@H]1CO[C@H]2OCC[C@H]21)S(=O)(=O)c1ccc2c(c1)OCO2.CC(C)Cc1ccc(OCCCn2ccnn2)cc1.CC(C)Cc1ccc(OCCCn2nccn2)cc1.c1cn[nH]n1. The molecule has 0 radical (unpaired) electrons. The third-order valence-corrected chi connectivity index (χ3v) is 16.4. The van der Waals surface area contributed by atoms with Crippen molar-refractivity contribution in [2.24, 2.45) is 23.7 Å². The van der Waals surface area contributed by atoms with Gasteiger partial charge in [0, 0.05) is 49.2 Å². The fourth-order valence-corrected chi connectivity index (χ4v) is 11.6. The first kappa shape index (κ1) is 71.2. The number of rotatable bonds is 29. The molecule has 2 fully saturated rings. The quantitative estimate of drug-likeness (QED) is 0.0224. The van der Waals surface area contributed by atoms with Gasteiger partial charge in [-0.3, -0.25) is 4.68 Å². The molecular formula is C64H90IN11O12S. The maximum Gasteiger partial charge on any atom is 0.407 e. The lowest BCUT2D eigenvalue weighted by molar-refractivity contribution is -0.0907. The smallest absolute Gasteiger partial charge is 0.407 e. The van der Waals surface area contributed by atoms with E-state index in [1.54, 1.807) is 41.8 Å². The Hall–Kier alpha value is -6.91. The molecule has 0 bridgehead atoms. The van der Waals surface area contributed by atoms with Gasteiger partial charge in [0.2, 0.25) is 16.8 Å². The lowest BCUT2D eigenvalue weighted by Crippen LogP contribution is -2.51. The average Bonchev–Trinajstić information content (AvgIpc) is 3.20. The van der Waals surface area contributed by atoms with Crippen LogP contribution in [0.4, 0.5) is 4.79 Å². The van der Waals surface area contributed by atoms with E-state index in [0.29, 0.717) is 49.8 Å². The first-order chi connectivity index (χ1) is 42.6. The fraction of sp³-hybridized carbons (Fsp3) is 0.516. The number of hydrogen-bond acceptors (Lipinski definition) is 18. The zero-order chi connectivity index (χ0) is 62.5. The number of halogens is 1. The molecule has 486 valence electrons. The number of aromatic amines is 1. The Labute approximate surface area is 538 Å². The van der Waals surface area contributed by atoms with Crippen LogP contribution in [0.25, 0.3) is 0 Å². The molecule has 0 spiro atoms. The van der Waals surface area contributed by atoms with Gasteiger partial charge in [0.05, 0.1) is 93.5 Å². The number of alkyl carbamates (subject to hydrolysis) is 1. The van der Waals surface area contributed by atoms with Crippen LogP contribution in [0.3, 0.4) is 0 Å². The van der Waals surface area contributed by atoms with Gasteiger partial charge in [-0.25, -0.2) is 13.2 Å². The number of amides is 1.